The highest BCUT2D eigenvalue weighted by molar-refractivity contribution is 14.1. The van der Waals surface area contributed by atoms with E-state index in [1.54, 1.807) is 0 Å². The van der Waals surface area contributed by atoms with Gasteiger partial charge in [-0.15, -0.1) is 0 Å². The van der Waals surface area contributed by atoms with Crippen LogP contribution in [0.15, 0.2) is 130 Å². The van der Waals surface area contributed by atoms with E-state index in [1.807, 2.05) is 0 Å². The number of hydrogen-bond donors (Lipinski definition) is 0. The van der Waals surface area contributed by atoms with Crippen molar-refractivity contribution in [2.24, 2.45) is 0 Å². The highest BCUT2D eigenvalue weighted by Gasteiger charge is 2.21. The Labute approximate surface area is 255 Å². The van der Waals surface area contributed by atoms with Gasteiger partial charge in [-0.1, -0.05) is 78.9 Å². The lowest BCUT2D eigenvalue weighted by atomic mass is 9.89. The van der Waals surface area contributed by atoms with Crippen molar-refractivity contribution in [3.63, 3.8) is 0 Å². The summed E-state index contributed by atoms with van der Waals surface area (Å²) in [6.45, 7) is 2.17. The Kier molecular flexibility index (Phi) is 5.12. The fourth-order valence-electron chi connectivity index (χ4n) is 6.79. The van der Waals surface area contributed by atoms with Gasteiger partial charge >= 0.3 is 0 Å². The third-order valence-electron chi connectivity index (χ3n) is 8.67. The van der Waals surface area contributed by atoms with E-state index in [9.17, 15) is 0 Å². The molecule has 2 heterocycles. The van der Waals surface area contributed by atoms with Crippen molar-refractivity contribution >= 4 is 88.0 Å². The van der Waals surface area contributed by atoms with Gasteiger partial charge in [0.1, 0.15) is 22.3 Å². The van der Waals surface area contributed by atoms with E-state index in [4.69, 9.17) is 8.83 Å². The predicted octanol–water partition coefficient (Wildman–Crippen LogP) is 12.0. The molecular weight excluding hydrogens is 627 g/mol. The van der Waals surface area contributed by atoms with Crippen LogP contribution in [0.3, 0.4) is 0 Å². The van der Waals surface area contributed by atoms with Crippen LogP contribution in [0.4, 0.5) is 0 Å². The van der Waals surface area contributed by atoms with Crippen molar-refractivity contribution in [3.8, 4) is 22.3 Å². The summed E-state index contributed by atoms with van der Waals surface area (Å²) >= 11 is 2.42. The van der Waals surface area contributed by atoms with Gasteiger partial charge in [-0.3, -0.25) is 0 Å². The number of halogens is 1. The van der Waals surface area contributed by atoms with Crippen molar-refractivity contribution < 1.29 is 8.83 Å². The molecular formula is C39H23IO2. The SMILES string of the molecule is Cc1ccccc1-c1ccc2oc3cccc4c3c(c2c1)c1cccc2oc3ccc(-c5ccccc5I)cc3c4c21. The first-order chi connectivity index (χ1) is 20.7. The predicted molar refractivity (Wildman–Crippen MR) is 184 cm³/mol. The molecule has 0 saturated carbocycles. The van der Waals surface area contributed by atoms with Gasteiger partial charge in [-0.2, -0.15) is 0 Å². The molecule has 0 fully saturated rings. The first-order valence-corrected chi connectivity index (χ1v) is 15.2. The Bertz CT molecular complexity index is 2370. The van der Waals surface area contributed by atoms with Crippen LogP contribution in [-0.4, -0.2) is 0 Å². The second kappa shape index (κ2) is 8.94. The Balaban J connectivity index is 1.49. The summed E-state index contributed by atoms with van der Waals surface area (Å²) in [5.41, 5.74) is 9.62. The van der Waals surface area contributed by atoms with Crippen LogP contribution in [-0.2, 0) is 0 Å². The molecule has 42 heavy (non-hydrogen) atoms. The third kappa shape index (κ3) is 3.37. The Morgan fingerprint density at radius 2 is 0.952 bits per heavy atom. The summed E-state index contributed by atoms with van der Waals surface area (Å²) in [5.74, 6) is 0. The molecule has 0 unspecified atom stereocenters. The Morgan fingerprint density at radius 1 is 0.429 bits per heavy atom. The number of fused-ring (bicyclic) bond motifs is 6. The zero-order valence-electron chi connectivity index (χ0n) is 22.7. The number of benzene rings is 7. The summed E-state index contributed by atoms with van der Waals surface area (Å²) in [6.07, 6.45) is 0. The summed E-state index contributed by atoms with van der Waals surface area (Å²) < 4.78 is 14.5. The van der Waals surface area contributed by atoms with E-state index in [-0.39, 0.29) is 0 Å². The van der Waals surface area contributed by atoms with E-state index in [0.717, 1.165) is 43.9 Å². The molecule has 9 rings (SSSR count). The summed E-state index contributed by atoms with van der Waals surface area (Å²) in [7, 11) is 0. The highest BCUT2D eigenvalue weighted by atomic mass is 127. The lowest BCUT2D eigenvalue weighted by Crippen LogP contribution is -1.91. The van der Waals surface area contributed by atoms with Gasteiger partial charge in [0, 0.05) is 35.9 Å². The molecule has 0 spiro atoms. The Morgan fingerprint density at radius 3 is 1.52 bits per heavy atom. The largest absolute Gasteiger partial charge is 0.456 e. The van der Waals surface area contributed by atoms with Gasteiger partial charge in [-0.05, 0) is 111 Å². The number of aryl methyl sites for hydroxylation is 1. The average Bonchev–Trinajstić information content (AvgIpc) is 3.02. The molecule has 9 aromatic rings. The summed E-state index contributed by atoms with van der Waals surface area (Å²) in [5, 5.41) is 9.30. The van der Waals surface area contributed by atoms with Crippen molar-refractivity contribution in [2.75, 3.05) is 0 Å². The van der Waals surface area contributed by atoms with Gasteiger partial charge in [0.05, 0.1) is 0 Å². The van der Waals surface area contributed by atoms with Crippen molar-refractivity contribution in [1.29, 1.82) is 0 Å². The van der Waals surface area contributed by atoms with Crippen LogP contribution >= 0.6 is 22.6 Å². The van der Waals surface area contributed by atoms with Crippen LogP contribution in [0.2, 0.25) is 0 Å². The molecule has 0 aliphatic heterocycles. The fourth-order valence-corrected chi connectivity index (χ4v) is 7.49. The van der Waals surface area contributed by atoms with Crippen LogP contribution < -0.4 is 0 Å². The van der Waals surface area contributed by atoms with Crippen LogP contribution in [0.5, 0.6) is 0 Å². The molecule has 198 valence electrons. The second-order valence-electron chi connectivity index (χ2n) is 11.0. The van der Waals surface area contributed by atoms with Gasteiger partial charge in [0.25, 0.3) is 0 Å². The van der Waals surface area contributed by atoms with Gasteiger partial charge in [0.15, 0.2) is 0 Å². The second-order valence-corrected chi connectivity index (χ2v) is 12.2. The van der Waals surface area contributed by atoms with Gasteiger partial charge in [-0.25, -0.2) is 0 Å². The maximum absolute atomic E-state index is 6.63. The van der Waals surface area contributed by atoms with Crippen LogP contribution in [0.1, 0.15) is 5.56 Å². The summed E-state index contributed by atoms with van der Waals surface area (Å²) in [6, 6.07) is 43.1. The van der Waals surface area contributed by atoms with Crippen molar-refractivity contribution in [3.05, 3.63) is 130 Å². The van der Waals surface area contributed by atoms with E-state index in [1.165, 1.54) is 52.9 Å². The highest BCUT2D eigenvalue weighted by Crippen LogP contribution is 2.47. The van der Waals surface area contributed by atoms with Gasteiger partial charge in [0.2, 0.25) is 0 Å². The van der Waals surface area contributed by atoms with E-state index < -0.39 is 0 Å². The van der Waals surface area contributed by atoms with Crippen LogP contribution in [0, 0.1) is 10.5 Å². The third-order valence-corrected chi connectivity index (χ3v) is 9.61. The first kappa shape index (κ1) is 24.0. The molecule has 0 atom stereocenters. The zero-order valence-corrected chi connectivity index (χ0v) is 24.9. The topological polar surface area (TPSA) is 26.3 Å². The molecule has 2 aromatic heterocycles. The molecule has 0 amide bonds. The molecule has 0 saturated heterocycles. The first-order valence-electron chi connectivity index (χ1n) is 14.1. The maximum Gasteiger partial charge on any atom is 0.135 e. The lowest BCUT2D eigenvalue weighted by molar-refractivity contribution is 0.661. The van der Waals surface area contributed by atoms with E-state index in [0.29, 0.717) is 0 Å². The van der Waals surface area contributed by atoms with Gasteiger partial charge < -0.3 is 8.83 Å². The van der Waals surface area contributed by atoms with Crippen LogP contribution in [0.25, 0.3) is 87.7 Å². The van der Waals surface area contributed by atoms with E-state index in [2.05, 4.69) is 151 Å². The Hall–Kier alpha value is -4.61. The minimum atomic E-state index is 0.879. The minimum Gasteiger partial charge on any atom is -0.456 e. The monoisotopic (exact) mass is 650 g/mol. The molecule has 3 heteroatoms. The molecule has 7 aromatic carbocycles. The number of rotatable bonds is 2. The normalized spacial score (nSPS) is 12.0. The van der Waals surface area contributed by atoms with Crippen molar-refractivity contribution in [2.45, 2.75) is 6.92 Å². The summed E-state index contributed by atoms with van der Waals surface area (Å²) in [4.78, 5) is 0. The maximum atomic E-state index is 6.63. The molecule has 2 nitrogen and oxygen atoms in total. The molecule has 0 aliphatic carbocycles. The van der Waals surface area contributed by atoms with Crippen molar-refractivity contribution in [1.82, 2.24) is 0 Å². The molecule has 0 radical (unpaired) electrons. The smallest absolute Gasteiger partial charge is 0.135 e. The lowest BCUT2D eigenvalue weighted by Gasteiger charge is -2.18. The fraction of sp³-hybridized carbons (Fsp3) is 0.0256. The average molecular weight is 651 g/mol. The molecule has 0 bridgehead atoms. The zero-order chi connectivity index (χ0) is 27.9. The number of hydrogen-bond acceptors (Lipinski definition) is 2. The molecule has 0 aliphatic rings. The standard InChI is InChI=1S/C39H23IO2/c1-22-8-2-3-9-25(22)23-16-18-32-29(20-23)36-27-11-6-15-35-39(27)37(28-12-7-14-34(41-32)38(28)36)30-21-24(17-19-33(30)42-35)26-10-4-5-13-31(26)40/h2-21H,1H3. The van der Waals surface area contributed by atoms with E-state index >= 15 is 0 Å². The molecule has 0 N–H and O–H groups in total. The quantitative estimate of drug-likeness (QED) is 0.106. The minimum absolute atomic E-state index is 0.879.